The number of amides is 1. The van der Waals surface area contributed by atoms with Gasteiger partial charge < -0.3 is 15.2 Å². The van der Waals surface area contributed by atoms with Crippen molar-refractivity contribution in [3.05, 3.63) is 40.7 Å². The summed E-state index contributed by atoms with van der Waals surface area (Å²) in [5.41, 5.74) is 0.554. The van der Waals surface area contributed by atoms with Gasteiger partial charge in [-0.25, -0.2) is 9.18 Å². The van der Waals surface area contributed by atoms with Crippen molar-refractivity contribution in [2.45, 2.75) is 19.4 Å². The van der Waals surface area contributed by atoms with Crippen LogP contribution in [0.2, 0.25) is 0 Å². The summed E-state index contributed by atoms with van der Waals surface area (Å²) in [5.74, 6) is -1.96. The van der Waals surface area contributed by atoms with Crippen molar-refractivity contribution in [2.24, 2.45) is 0 Å². The van der Waals surface area contributed by atoms with E-state index in [1.54, 1.807) is 0 Å². The molecule has 1 aromatic heterocycles. The van der Waals surface area contributed by atoms with Crippen LogP contribution in [-0.2, 0) is 11.2 Å². The molecular formula is C14H14FN3O4S. The average Bonchev–Trinajstić information content (AvgIpc) is 3.01. The topological polar surface area (TPSA) is 101 Å². The Balaban J connectivity index is 1.98. The number of benzene rings is 1. The van der Waals surface area contributed by atoms with Crippen molar-refractivity contribution in [2.75, 3.05) is 6.54 Å². The van der Waals surface area contributed by atoms with E-state index in [1.165, 1.54) is 12.1 Å². The van der Waals surface area contributed by atoms with E-state index in [4.69, 9.17) is 9.84 Å². The van der Waals surface area contributed by atoms with Crippen LogP contribution in [0.15, 0.2) is 24.3 Å². The Hall–Kier alpha value is -2.55. The van der Waals surface area contributed by atoms with Crippen molar-refractivity contribution < 1.29 is 23.8 Å². The van der Waals surface area contributed by atoms with Gasteiger partial charge in [0.2, 0.25) is 6.10 Å². The van der Waals surface area contributed by atoms with Crippen molar-refractivity contribution >= 4 is 23.4 Å². The largest absolute Gasteiger partial charge is 0.478 e. The fraction of sp³-hybridized carbons (Fsp3) is 0.286. The van der Waals surface area contributed by atoms with Crippen LogP contribution in [-0.4, -0.2) is 39.2 Å². The Morgan fingerprint density at radius 1 is 1.39 bits per heavy atom. The molecule has 1 amide bonds. The molecule has 0 aliphatic rings. The number of carbonyl (C=O) groups is 2. The number of hydrogen-bond acceptors (Lipinski definition) is 6. The van der Waals surface area contributed by atoms with Gasteiger partial charge in [0.25, 0.3) is 5.91 Å². The number of nitrogens with zero attached hydrogens (tertiary/aromatic N) is 2. The number of halogens is 1. The van der Waals surface area contributed by atoms with E-state index in [-0.39, 0.29) is 12.3 Å². The van der Waals surface area contributed by atoms with E-state index >= 15 is 0 Å². The molecule has 1 heterocycles. The zero-order valence-corrected chi connectivity index (χ0v) is 13.0. The summed E-state index contributed by atoms with van der Waals surface area (Å²) in [5, 5.41) is 15.5. The zero-order valence-electron chi connectivity index (χ0n) is 12.2. The highest BCUT2D eigenvalue weighted by Gasteiger charge is 2.22. The molecule has 0 saturated heterocycles. The summed E-state index contributed by atoms with van der Waals surface area (Å²) in [7, 11) is 0. The highest BCUT2D eigenvalue weighted by atomic mass is 32.1. The van der Waals surface area contributed by atoms with E-state index < -0.39 is 23.8 Å². The van der Waals surface area contributed by atoms with Crippen LogP contribution in [0.1, 0.15) is 22.3 Å². The van der Waals surface area contributed by atoms with Gasteiger partial charge in [0.15, 0.2) is 0 Å². The second kappa shape index (κ2) is 7.63. The number of carbonyl (C=O) groups excluding carboxylic acids is 1. The second-order valence-corrected chi connectivity index (χ2v) is 5.27. The Kier molecular flexibility index (Phi) is 5.58. The maximum Gasteiger partial charge on any atom is 0.346 e. The molecule has 1 aromatic carbocycles. The minimum Gasteiger partial charge on any atom is -0.478 e. The highest BCUT2D eigenvalue weighted by Crippen LogP contribution is 2.14. The second-order valence-electron chi connectivity index (χ2n) is 4.51. The number of nitrogens with one attached hydrogen (secondary N) is 1. The first kappa shape index (κ1) is 16.8. The first-order valence-electron chi connectivity index (χ1n) is 6.75. The van der Waals surface area contributed by atoms with Gasteiger partial charge >= 0.3 is 5.97 Å². The number of rotatable bonds is 7. The van der Waals surface area contributed by atoms with Crippen LogP contribution in [0.25, 0.3) is 0 Å². The molecule has 0 spiro atoms. The molecule has 0 aliphatic heterocycles. The van der Waals surface area contributed by atoms with E-state index in [0.717, 1.165) is 23.7 Å². The van der Waals surface area contributed by atoms with E-state index in [0.29, 0.717) is 17.0 Å². The fourth-order valence-electron chi connectivity index (χ4n) is 1.73. The highest BCUT2D eigenvalue weighted by molar-refractivity contribution is 7.08. The number of aryl methyl sites for hydroxylation is 1. The Morgan fingerprint density at radius 2 is 2.09 bits per heavy atom. The van der Waals surface area contributed by atoms with E-state index in [2.05, 4.69) is 14.9 Å². The maximum absolute atomic E-state index is 12.8. The Labute approximate surface area is 135 Å². The van der Waals surface area contributed by atoms with Gasteiger partial charge in [-0.2, -0.15) is 0 Å². The maximum atomic E-state index is 12.8. The van der Waals surface area contributed by atoms with Crippen molar-refractivity contribution in [1.29, 1.82) is 0 Å². The molecule has 1 atom stereocenters. The fourth-order valence-corrected chi connectivity index (χ4v) is 2.40. The summed E-state index contributed by atoms with van der Waals surface area (Å²) in [6.45, 7) is 1.60. The van der Waals surface area contributed by atoms with Gasteiger partial charge in [-0.1, -0.05) is 11.4 Å². The van der Waals surface area contributed by atoms with Crippen LogP contribution in [0.5, 0.6) is 5.75 Å². The first-order valence-corrected chi connectivity index (χ1v) is 7.53. The lowest BCUT2D eigenvalue weighted by Crippen LogP contribution is -2.40. The SMILES string of the molecule is CCc1nnsc1C(=O)NCC(Oc1ccc(F)cc1)C(=O)O. The number of carboxylic acids is 1. The number of aliphatic carboxylic acids is 1. The third-order valence-electron chi connectivity index (χ3n) is 2.91. The lowest BCUT2D eigenvalue weighted by Gasteiger charge is -2.15. The van der Waals surface area contributed by atoms with Crippen LogP contribution in [0, 0.1) is 5.82 Å². The molecule has 2 aromatic rings. The lowest BCUT2D eigenvalue weighted by atomic mass is 10.2. The van der Waals surface area contributed by atoms with Crippen molar-refractivity contribution in [3.8, 4) is 5.75 Å². The van der Waals surface area contributed by atoms with Crippen molar-refractivity contribution in [3.63, 3.8) is 0 Å². The third kappa shape index (κ3) is 4.46. The van der Waals surface area contributed by atoms with Crippen LogP contribution < -0.4 is 10.1 Å². The van der Waals surface area contributed by atoms with Gasteiger partial charge in [-0.05, 0) is 42.2 Å². The summed E-state index contributed by atoms with van der Waals surface area (Å²) >= 11 is 0.945. The number of hydrogen-bond donors (Lipinski definition) is 2. The molecule has 9 heteroatoms. The number of carboxylic acid groups (broad SMARTS) is 1. The Bertz CT molecular complexity index is 690. The summed E-state index contributed by atoms with van der Waals surface area (Å²) in [6, 6.07) is 4.94. The van der Waals surface area contributed by atoms with Crippen LogP contribution in [0.3, 0.4) is 0 Å². The molecule has 0 bridgehead atoms. The molecule has 2 rings (SSSR count). The average molecular weight is 339 g/mol. The minimum atomic E-state index is -1.30. The van der Waals surface area contributed by atoms with Crippen molar-refractivity contribution in [1.82, 2.24) is 14.9 Å². The van der Waals surface area contributed by atoms with Crippen LogP contribution >= 0.6 is 11.5 Å². The summed E-state index contributed by atoms with van der Waals surface area (Å²) < 4.78 is 21.8. The van der Waals surface area contributed by atoms with Gasteiger partial charge in [0.05, 0.1) is 12.2 Å². The quantitative estimate of drug-likeness (QED) is 0.793. The molecule has 0 radical (unpaired) electrons. The molecule has 0 aliphatic carbocycles. The minimum absolute atomic E-state index is 0.196. The van der Waals surface area contributed by atoms with E-state index in [1.807, 2.05) is 6.92 Å². The molecule has 0 fully saturated rings. The first-order chi connectivity index (χ1) is 11.0. The predicted molar refractivity (Wildman–Crippen MR) is 80.1 cm³/mol. The Morgan fingerprint density at radius 3 is 2.70 bits per heavy atom. The van der Waals surface area contributed by atoms with Gasteiger partial charge in [0, 0.05) is 0 Å². The molecule has 7 nitrogen and oxygen atoms in total. The normalized spacial score (nSPS) is 11.7. The summed E-state index contributed by atoms with van der Waals surface area (Å²) in [6.07, 6.45) is -0.747. The van der Waals surface area contributed by atoms with Gasteiger partial charge in [-0.3, -0.25) is 4.79 Å². The third-order valence-corrected chi connectivity index (χ3v) is 3.68. The smallest absolute Gasteiger partial charge is 0.346 e. The number of aromatic nitrogens is 2. The van der Waals surface area contributed by atoms with Gasteiger partial charge in [0.1, 0.15) is 16.4 Å². The molecular weight excluding hydrogens is 325 g/mol. The molecule has 1 unspecified atom stereocenters. The lowest BCUT2D eigenvalue weighted by molar-refractivity contribution is -0.144. The summed E-state index contributed by atoms with van der Waals surface area (Å²) in [4.78, 5) is 23.6. The molecule has 0 saturated carbocycles. The predicted octanol–water partition coefficient (Wildman–Crippen LogP) is 1.50. The molecule has 23 heavy (non-hydrogen) atoms. The standard InChI is InChI=1S/C14H14FN3O4S/c1-2-10-12(23-18-17-10)13(19)16-7-11(14(20)21)22-9-5-3-8(15)4-6-9/h3-6,11H,2,7H2,1H3,(H,16,19)(H,20,21). The molecule has 2 N–H and O–H groups in total. The molecule has 122 valence electrons. The number of ether oxygens (including phenoxy) is 1. The van der Waals surface area contributed by atoms with Gasteiger partial charge in [-0.15, -0.1) is 5.10 Å². The van der Waals surface area contributed by atoms with Crippen LogP contribution in [0.4, 0.5) is 4.39 Å². The monoisotopic (exact) mass is 339 g/mol. The van der Waals surface area contributed by atoms with E-state index in [9.17, 15) is 14.0 Å². The zero-order chi connectivity index (χ0) is 16.8.